The molecule has 23 heavy (non-hydrogen) atoms. The third kappa shape index (κ3) is 4.74. The third-order valence-electron chi connectivity index (χ3n) is 3.02. The molecule has 0 atom stereocenters. The predicted octanol–water partition coefficient (Wildman–Crippen LogP) is 1.64. The Morgan fingerprint density at radius 3 is 2.39 bits per heavy atom. The van der Waals surface area contributed by atoms with E-state index >= 15 is 0 Å². The largest absolute Gasteiger partial charge is 0.340 e. The van der Waals surface area contributed by atoms with Crippen molar-refractivity contribution in [2.75, 3.05) is 11.9 Å². The quantitative estimate of drug-likeness (QED) is 0.649. The van der Waals surface area contributed by atoms with E-state index in [4.69, 9.17) is 0 Å². The lowest BCUT2D eigenvalue weighted by Gasteiger charge is -2.07. The molecule has 2 rings (SSSR count). The summed E-state index contributed by atoms with van der Waals surface area (Å²) < 4.78 is 0. The third-order valence-corrected chi connectivity index (χ3v) is 3.02. The highest BCUT2D eigenvalue weighted by Crippen LogP contribution is 2.08. The van der Waals surface area contributed by atoms with E-state index < -0.39 is 17.6 Å². The molecule has 1 aromatic heterocycles. The number of aryl methyl sites for hydroxylation is 2. The van der Waals surface area contributed by atoms with Crippen LogP contribution < -0.4 is 10.6 Å². The maximum atomic E-state index is 11.8. The Bertz CT molecular complexity index is 722. The van der Waals surface area contributed by atoms with Gasteiger partial charge in [0, 0.05) is 11.3 Å². The van der Waals surface area contributed by atoms with Crippen molar-refractivity contribution in [3.63, 3.8) is 0 Å². The summed E-state index contributed by atoms with van der Waals surface area (Å²) >= 11 is 0. The van der Waals surface area contributed by atoms with Crippen LogP contribution in [0.1, 0.15) is 21.6 Å². The number of carbonyl (C=O) groups excluding carboxylic acids is 3. The molecule has 0 aliphatic rings. The Morgan fingerprint density at radius 1 is 1.04 bits per heavy atom. The topological polar surface area (TPSA) is 88.2 Å². The fourth-order valence-electron chi connectivity index (χ4n) is 2.05. The van der Waals surface area contributed by atoms with Crippen molar-refractivity contribution < 1.29 is 14.4 Å². The van der Waals surface area contributed by atoms with Crippen molar-refractivity contribution >= 4 is 23.4 Å². The molecule has 0 radical (unpaired) electrons. The van der Waals surface area contributed by atoms with Gasteiger partial charge in [0.25, 0.3) is 5.91 Å². The van der Waals surface area contributed by atoms with Crippen molar-refractivity contribution in [1.82, 2.24) is 10.3 Å². The minimum Gasteiger partial charge on any atom is -0.340 e. The number of ketones is 1. The second kappa shape index (κ2) is 7.31. The molecule has 0 unspecified atom stereocenters. The first-order valence-corrected chi connectivity index (χ1v) is 7.08. The van der Waals surface area contributed by atoms with Crippen molar-refractivity contribution in [2.24, 2.45) is 0 Å². The molecule has 0 bridgehead atoms. The Labute approximate surface area is 133 Å². The van der Waals surface area contributed by atoms with Gasteiger partial charge in [-0.05, 0) is 31.5 Å². The van der Waals surface area contributed by atoms with Crippen LogP contribution in [0.25, 0.3) is 0 Å². The minimum atomic E-state index is -0.820. The van der Waals surface area contributed by atoms with Crippen LogP contribution in [0.5, 0.6) is 0 Å². The number of aromatic nitrogens is 1. The zero-order valence-corrected chi connectivity index (χ0v) is 12.9. The summed E-state index contributed by atoms with van der Waals surface area (Å²) in [7, 11) is 0. The molecule has 0 aliphatic heterocycles. The van der Waals surface area contributed by atoms with E-state index in [2.05, 4.69) is 15.6 Å². The molecule has 1 aromatic carbocycles. The highest BCUT2D eigenvalue weighted by molar-refractivity contribution is 6.43. The Kier molecular flexibility index (Phi) is 5.19. The molecule has 1 heterocycles. The molecule has 0 spiro atoms. The molecule has 0 saturated heterocycles. The van der Waals surface area contributed by atoms with Gasteiger partial charge in [-0.2, -0.15) is 0 Å². The van der Waals surface area contributed by atoms with E-state index in [1.54, 1.807) is 36.4 Å². The van der Waals surface area contributed by atoms with Crippen LogP contribution in [0.3, 0.4) is 0 Å². The standard InChI is InChI=1S/C17H17N3O3/c1-11-8-12(2)19-14(9-11)20-15(21)10-18-17(23)16(22)13-6-4-3-5-7-13/h3-9H,10H2,1-2H3,(H,18,23)(H,19,20,21). The van der Waals surface area contributed by atoms with Gasteiger partial charge in [0.1, 0.15) is 5.82 Å². The van der Waals surface area contributed by atoms with Crippen molar-refractivity contribution in [3.8, 4) is 0 Å². The van der Waals surface area contributed by atoms with E-state index in [1.165, 1.54) is 0 Å². The summed E-state index contributed by atoms with van der Waals surface area (Å²) in [5.41, 5.74) is 2.03. The summed E-state index contributed by atoms with van der Waals surface area (Å²) in [6, 6.07) is 11.8. The Hall–Kier alpha value is -3.02. The maximum absolute atomic E-state index is 11.8. The van der Waals surface area contributed by atoms with E-state index in [9.17, 15) is 14.4 Å². The number of nitrogens with one attached hydrogen (secondary N) is 2. The highest BCUT2D eigenvalue weighted by atomic mass is 16.2. The van der Waals surface area contributed by atoms with Crippen LogP contribution >= 0.6 is 0 Å². The van der Waals surface area contributed by atoms with E-state index in [0.29, 0.717) is 5.82 Å². The number of hydrogen-bond donors (Lipinski definition) is 2. The fourth-order valence-corrected chi connectivity index (χ4v) is 2.05. The molecule has 0 fully saturated rings. The summed E-state index contributed by atoms with van der Waals surface area (Å²) in [5, 5.41) is 4.88. The number of anilines is 1. The van der Waals surface area contributed by atoms with Gasteiger partial charge in [0.05, 0.1) is 6.54 Å². The molecule has 0 aliphatic carbocycles. The first-order valence-electron chi connectivity index (χ1n) is 7.08. The molecular formula is C17H17N3O3. The van der Waals surface area contributed by atoms with E-state index in [0.717, 1.165) is 11.3 Å². The van der Waals surface area contributed by atoms with Crippen LogP contribution in [-0.2, 0) is 9.59 Å². The number of rotatable bonds is 5. The van der Waals surface area contributed by atoms with Gasteiger partial charge in [0.15, 0.2) is 0 Å². The Balaban J connectivity index is 1.89. The van der Waals surface area contributed by atoms with Gasteiger partial charge < -0.3 is 10.6 Å². The summed E-state index contributed by atoms with van der Waals surface area (Å²) in [6.07, 6.45) is 0. The molecule has 6 nitrogen and oxygen atoms in total. The summed E-state index contributed by atoms with van der Waals surface area (Å²) in [6.45, 7) is 3.42. The van der Waals surface area contributed by atoms with Crippen LogP contribution in [0, 0.1) is 13.8 Å². The van der Waals surface area contributed by atoms with Crippen molar-refractivity contribution in [3.05, 3.63) is 59.3 Å². The monoisotopic (exact) mass is 311 g/mol. The van der Waals surface area contributed by atoms with Gasteiger partial charge in [-0.15, -0.1) is 0 Å². The fraction of sp³-hybridized carbons (Fsp3) is 0.176. The molecule has 118 valence electrons. The lowest BCUT2D eigenvalue weighted by molar-refractivity contribution is -0.121. The summed E-state index contributed by atoms with van der Waals surface area (Å²) in [4.78, 5) is 39.6. The molecular weight excluding hydrogens is 294 g/mol. The lowest BCUT2D eigenvalue weighted by atomic mass is 10.1. The van der Waals surface area contributed by atoms with E-state index in [1.807, 2.05) is 19.9 Å². The molecule has 6 heteroatoms. The molecule has 2 aromatic rings. The smallest absolute Gasteiger partial charge is 0.292 e. The predicted molar refractivity (Wildman–Crippen MR) is 86.1 cm³/mol. The minimum absolute atomic E-state index is 0.279. The Morgan fingerprint density at radius 2 is 1.74 bits per heavy atom. The first-order chi connectivity index (χ1) is 11.0. The summed E-state index contributed by atoms with van der Waals surface area (Å²) in [5.74, 6) is -1.53. The average Bonchev–Trinajstić information content (AvgIpc) is 2.51. The van der Waals surface area contributed by atoms with Crippen LogP contribution in [0.2, 0.25) is 0 Å². The van der Waals surface area contributed by atoms with Crippen LogP contribution in [0.15, 0.2) is 42.5 Å². The first kappa shape index (κ1) is 16.4. The second-order valence-electron chi connectivity index (χ2n) is 5.10. The number of benzene rings is 1. The number of carbonyl (C=O) groups is 3. The van der Waals surface area contributed by atoms with Crippen LogP contribution in [-0.4, -0.2) is 29.1 Å². The zero-order valence-electron chi connectivity index (χ0n) is 12.9. The number of nitrogens with zero attached hydrogens (tertiary/aromatic N) is 1. The van der Waals surface area contributed by atoms with Gasteiger partial charge in [-0.1, -0.05) is 30.3 Å². The van der Waals surface area contributed by atoms with Gasteiger partial charge in [-0.25, -0.2) is 4.98 Å². The number of hydrogen-bond acceptors (Lipinski definition) is 4. The molecule has 0 saturated carbocycles. The van der Waals surface area contributed by atoms with E-state index in [-0.39, 0.29) is 12.1 Å². The SMILES string of the molecule is Cc1cc(C)nc(NC(=O)CNC(=O)C(=O)c2ccccc2)c1. The van der Waals surface area contributed by atoms with Gasteiger partial charge in [-0.3, -0.25) is 14.4 Å². The number of Topliss-reactive ketones (excluding diaryl/α,β-unsaturated/α-hetero) is 1. The van der Waals surface area contributed by atoms with Crippen LogP contribution in [0.4, 0.5) is 5.82 Å². The zero-order chi connectivity index (χ0) is 16.8. The molecule has 2 amide bonds. The normalized spacial score (nSPS) is 10.0. The molecule has 2 N–H and O–H groups in total. The second-order valence-corrected chi connectivity index (χ2v) is 5.10. The maximum Gasteiger partial charge on any atom is 0.292 e. The van der Waals surface area contributed by atoms with Crippen molar-refractivity contribution in [2.45, 2.75) is 13.8 Å². The average molecular weight is 311 g/mol. The van der Waals surface area contributed by atoms with Gasteiger partial charge >= 0.3 is 0 Å². The lowest BCUT2D eigenvalue weighted by Crippen LogP contribution is -2.37. The highest BCUT2D eigenvalue weighted by Gasteiger charge is 2.16. The van der Waals surface area contributed by atoms with Crippen molar-refractivity contribution in [1.29, 1.82) is 0 Å². The van der Waals surface area contributed by atoms with Gasteiger partial charge in [0.2, 0.25) is 11.7 Å². The number of pyridine rings is 1. The number of amides is 2.